The number of aromatic nitrogens is 2. The molecule has 4 aromatic heterocycles. The van der Waals surface area contributed by atoms with Gasteiger partial charge < -0.3 is 20.9 Å². The summed E-state index contributed by atoms with van der Waals surface area (Å²) < 4.78 is 0. The molecule has 1 amide bonds. The summed E-state index contributed by atoms with van der Waals surface area (Å²) in [5.41, 5.74) is 3.81. The average Bonchev–Trinajstić information content (AvgIpc) is 3.43. The molecular weight excluding hydrogens is 378 g/mol. The van der Waals surface area contributed by atoms with Gasteiger partial charge in [-0.05, 0) is 46.0 Å². The number of amides is 1. The third-order valence-corrected chi connectivity index (χ3v) is 5.74. The summed E-state index contributed by atoms with van der Waals surface area (Å²) in [5, 5.41) is 16.8. The van der Waals surface area contributed by atoms with Crippen LogP contribution >= 0.6 is 22.7 Å². The zero-order valence-electron chi connectivity index (χ0n) is 14.5. The van der Waals surface area contributed by atoms with Gasteiger partial charge in [-0.3, -0.25) is 4.79 Å². The molecule has 27 heavy (non-hydrogen) atoms. The van der Waals surface area contributed by atoms with Crippen molar-refractivity contribution in [3.63, 3.8) is 0 Å². The maximum Gasteiger partial charge on any atom is 0.263 e. The average molecular weight is 398 g/mol. The predicted octanol–water partition coefficient (Wildman–Crippen LogP) is 3.95. The maximum absolute atomic E-state index is 12.5. The molecule has 0 fully saturated rings. The summed E-state index contributed by atoms with van der Waals surface area (Å²) >= 11 is 3.12. The molecule has 8 heteroatoms. The maximum atomic E-state index is 12.5. The summed E-state index contributed by atoms with van der Waals surface area (Å²) in [7, 11) is 0. The Morgan fingerprint density at radius 3 is 2.96 bits per heavy atom. The molecule has 0 radical (unpaired) electrons. The number of carbonyl (C=O) groups is 1. The Balaban J connectivity index is 1.34. The highest BCUT2D eigenvalue weighted by Gasteiger charge is 2.14. The third-order valence-electron chi connectivity index (χ3n) is 4.10. The fraction of sp³-hybridized carbons (Fsp3) is 0.158. The molecule has 0 saturated carbocycles. The highest BCUT2D eigenvalue weighted by atomic mass is 32.1. The van der Waals surface area contributed by atoms with Crippen LogP contribution in [0.5, 0.6) is 0 Å². The van der Waals surface area contributed by atoms with Crippen LogP contribution in [0.25, 0.3) is 11.0 Å². The summed E-state index contributed by atoms with van der Waals surface area (Å²) in [4.78, 5) is 20.6. The molecule has 0 atom stereocenters. The van der Waals surface area contributed by atoms with Gasteiger partial charge in [0.15, 0.2) is 0 Å². The van der Waals surface area contributed by atoms with Crippen molar-refractivity contribution < 1.29 is 4.79 Å². The molecule has 138 valence electrons. The van der Waals surface area contributed by atoms with Crippen molar-refractivity contribution in [1.29, 1.82) is 0 Å². The number of carbonyl (C=O) groups excluding carboxylic acids is 1. The second kappa shape index (κ2) is 8.34. The van der Waals surface area contributed by atoms with E-state index in [1.165, 1.54) is 16.9 Å². The van der Waals surface area contributed by atoms with Crippen LogP contribution in [0.15, 0.2) is 52.8 Å². The fourth-order valence-electron chi connectivity index (χ4n) is 2.77. The van der Waals surface area contributed by atoms with Gasteiger partial charge in [0, 0.05) is 37.4 Å². The van der Waals surface area contributed by atoms with Gasteiger partial charge in [0.25, 0.3) is 5.91 Å². The van der Waals surface area contributed by atoms with Crippen LogP contribution in [0.3, 0.4) is 0 Å². The number of nitrogens with zero attached hydrogens (tertiary/aromatic N) is 1. The second-order valence-electron chi connectivity index (χ2n) is 5.95. The van der Waals surface area contributed by atoms with Gasteiger partial charge in [-0.2, -0.15) is 11.3 Å². The molecule has 4 rings (SSSR count). The highest BCUT2D eigenvalue weighted by Crippen LogP contribution is 2.29. The number of fused-ring (bicyclic) bond motifs is 1. The van der Waals surface area contributed by atoms with Gasteiger partial charge in [0.2, 0.25) is 0 Å². The molecule has 0 aromatic carbocycles. The number of pyridine rings is 1. The molecule has 4 aromatic rings. The number of aromatic amines is 1. The summed E-state index contributed by atoms with van der Waals surface area (Å²) in [5.74, 6) is -0.0656. The topological polar surface area (TPSA) is 81.8 Å². The van der Waals surface area contributed by atoms with Gasteiger partial charge in [0.1, 0.15) is 10.5 Å². The number of hydrogen-bond donors (Lipinski definition) is 4. The molecule has 0 aliphatic carbocycles. The minimum absolute atomic E-state index is 0.0656. The van der Waals surface area contributed by atoms with Crippen molar-refractivity contribution in [2.24, 2.45) is 0 Å². The Bertz CT molecular complexity index is 1020. The van der Waals surface area contributed by atoms with E-state index in [0.29, 0.717) is 11.4 Å². The third kappa shape index (κ3) is 4.19. The number of thiophene rings is 2. The van der Waals surface area contributed by atoms with Crippen LogP contribution in [-0.4, -0.2) is 29.0 Å². The van der Waals surface area contributed by atoms with Crippen molar-refractivity contribution in [1.82, 2.24) is 20.6 Å². The van der Waals surface area contributed by atoms with E-state index in [1.807, 2.05) is 29.8 Å². The molecule has 0 unspecified atom stereocenters. The van der Waals surface area contributed by atoms with E-state index in [0.717, 1.165) is 35.5 Å². The molecule has 4 N–H and O–H groups in total. The van der Waals surface area contributed by atoms with E-state index in [4.69, 9.17) is 0 Å². The predicted molar refractivity (Wildman–Crippen MR) is 112 cm³/mol. The first-order chi connectivity index (χ1) is 13.3. The molecule has 0 aliphatic heterocycles. The zero-order valence-corrected chi connectivity index (χ0v) is 16.1. The van der Waals surface area contributed by atoms with Crippen molar-refractivity contribution >= 4 is 51.0 Å². The smallest absolute Gasteiger partial charge is 0.263 e. The van der Waals surface area contributed by atoms with E-state index >= 15 is 0 Å². The van der Waals surface area contributed by atoms with E-state index in [-0.39, 0.29) is 5.91 Å². The van der Waals surface area contributed by atoms with Crippen LogP contribution < -0.4 is 16.0 Å². The molecule has 0 saturated heterocycles. The SMILES string of the molecule is O=C(NCCNCc1ccsc1)c1sccc1Nc1ccnc2[nH]ccc12. The Labute approximate surface area is 164 Å². The Kier molecular flexibility index (Phi) is 5.47. The first-order valence-electron chi connectivity index (χ1n) is 8.58. The minimum Gasteiger partial charge on any atom is -0.354 e. The summed E-state index contributed by atoms with van der Waals surface area (Å²) in [6.07, 6.45) is 3.60. The molecule has 6 nitrogen and oxygen atoms in total. The van der Waals surface area contributed by atoms with Gasteiger partial charge in [-0.1, -0.05) is 0 Å². The number of H-pyrrole nitrogens is 1. The minimum atomic E-state index is -0.0656. The molecule has 0 aliphatic rings. The molecule has 0 spiro atoms. The number of nitrogens with one attached hydrogen (secondary N) is 4. The van der Waals surface area contributed by atoms with Crippen LogP contribution in [0.1, 0.15) is 15.2 Å². The highest BCUT2D eigenvalue weighted by molar-refractivity contribution is 7.12. The van der Waals surface area contributed by atoms with Crippen LogP contribution in [0.2, 0.25) is 0 Å². The fourth-order valence-corrected chi connectivity index (χ4v) is 4.20. The van der Waals surface area contributed by atoms with E-state index in [2.05, 4.69) is 42.7 Å². The van der Waals surface area contributed by atoms with E-state index in [9.17, 15) is 4.79 Å². The number of anilines is 2. The first kappa shape index (κ1) is 17.7. The Hall–Kier alpha value is -2.68. The van der Waals surface area contributed by atoms with Crippen LogP contribution in [-0.2, 0) is 6.54 Å². The lowest BCUT2D eigenvalue weighted by Gasteiger charge is -2.09. The first-order valence-corrected chi connectivity index (χ1v) is 10.4. The lowest BCUT2D eigenvalue weighted by atomic mass is 10.2. The van der Waals surface area contributed by atoms with E-state index in [1.54, 1.807) is 17.5 Å². The largest absolute Gasteiger partial charge is 0.354 e. The lowest BCUT2D eigenvalue weighted by molar-refractivity contribution is 0.0958. The molecular formula is C19H19N5OS2. The van der Waals surface area contributed by atoms with E-state index < -0.39 is 0 Å². The second-order valence-corrected chi connectivity index (χ2v) is 7.65. The Morgan fingerprint density at radius 1 is 1.11 bits per heavy atom. The van der Waals surface area contributed by atoms with Gasteiger partial charge in [-0.15, -0.1) is 11.3 Å². The van der Waals surface area contributed by atoms with Crippen molar-refractivity contribution in [3.05, 3.63) is 63.2 Å². The quantitative estimate of drug-likeness (QED) is 0.339. The van der Waals surface area contributed by atoms with Gasteiger partial charge in [-0.25, -0.2) is 4.98 Å². The summed E-state index contributed by atoms with van der Waals surface area (Å²) in [6.45, 7) is 2.13. The van der Waals surface area contributed by atoms with Gasteiger partial charge >= 0.3 is 0 Å². The van der Waals surface area contributed by atoms with Gasteiger partial charge in [0.05, 0.1) is 11.4 Å². The number of rotatable bonds is 8. The monoisotopic (exact) mass is 397 g/mol. The molecule has 4 heterocycles. The van der Waals surface area contributed by atoms with Crippen LogP contribution in [0, 0.1) is 0 Å². The normalized spacial score (nSPS) is 11.0. The van der Waals surface area contributed by atoms with Crippen LogP contribution in [0.4, 0.5) is 11.4 Å². The van der Waals surface area contributed by atoms with Crippen molar-refractivity contribution in [2.45, 2.75) is 6.54 Å². The molecule has 0 bridgehead atoms. The lowest BCUT2D eigenvalue weighted by Crippen LogP contribution is -2.31. The zero-order chi connectivity index (χ0) is 18.5. The van der Waals surface area contributed by atoms with Crippen molar-refractivity contribution in [3.8, 4) is 0 Å². The number of hydrogen-bond acceptors (Lipinski definition) is 6. The summed E-state index contributed by atoms with van der Waals surface area (Å²) in [6, 6.07) is 7.90. The standard InChI is InChI=1S/C19H19N5OS2/c25-19(23-8-7-20-11-13-3-9-26-12-13)17-16(4-10-27-17)24-15-2-6-22-18-14(15)1-5-21-18/h1-6,9-10,12,20H,7-8,11H2,(H,23,25)(H2,21,22,24). The Morgan fingerprint density at radius 2 is 2.07 bits per heavy atom. The van der Waals surface area contributed by atoms with Crippen molar-refractivity contribution in [2.75, 3.05) is 18.4 Å².